The average molecular weight is 395 g/mol. The van der Waals surface area contributed by atoms with Crippen molar-refractivity contribution in [3.63, 3.8) is 0 Å². The fourth-order valence-electron chi connectivity index (χ4n) is 5.02. The van der Waals surface area contributed by atoms with E-state index in [-0.39, 0.29) is 5.54 Å². The minimum absolute atomic E-state index is 0.118. The molecular weight excluding hydrogens is 364 g/mol. The zero-order chi connectivity index (χ0) is 18.7. The summed E-state index contributed by atoms with van der Waals surface area (Å²) in [5.41, 5.74) is 0.118. The Kier molecular flexibility index (Phi) is 6.58. The van der Waals surface area contributed by atoms with Gasteiger partial charge in [0.15, 0.2) is 0 Å². The third kappa shape index (κ3) is 5.40. The third-order valence-corrected chi connectivity index (χ3v) is 7.20. The zero-order valence-electron chi connectivity index (χ0n) is 16.0. The molecule has 2 N–H and O–H groups in total. The number of hydrogen-bond acceptors (Lipinski definition) is 3. The Labute approximate surface area is 167 Å². The largest absolute Gasteiger partial charge is 0.355 e. The van der Waals surface area contributed by atoms with E-state index in [9.17, 15) is 4.79 Å². The molecule has 1 aromatic rings. The molecule has 1 aromatic carbocycles. The first-order chi connectivity index (χ1) is 12.3. The van der Waals surface area contributed by atoms with E-state index < -0.39 is 0 Å². The molecule has 4 aliphatic rings. The van der Waals surface area contributed by atoms with Gasteiger partial charge < -0.3 is 5.32 Å². The van der Waals surface area contributed by atoms with E-state index in [1.165, 1.54) is 32.1 Å². The summed E-state index contributed by atoms with van der Waals surface area (Å²) >= 11 is 7.46. The molecule has 144 valence electrons. The van der Waals surface area contributed by atoms with Crippen molar-refractivity contribution in [3.8, 4) is 0 Å². The molecule has 0 spiro atoms. The first-order valence-corrected chi connectivity index (χ1v) is 10.9. The van der Waals surface area contributed by atoms with E-state index >= 15 is 0 Å². The number of hydrogen-bond donors (Lipinski definition) is 2. The minimum Gasteiger partial charge on any atom is -0.355 e. The molecule has 4 saturated carbocycles. The fraction of sp³-hybridized carbons (Fsp3) is 0.667. The Hall–Kier alpha value is -0.710. The van der Waals surface area contributed by atoms with Gasteiger partial charge in [0, 0.05) is 21.5 Å². The predicted molar refractivity (Wildman–Crippen MR) is 110 cm³/mol. The summed E-state index contributed by atoms with van der Waals surface area (Å²) in [6.07, 6.45) is 7.95. The number of carbonyl (C=O) groups is 1. The van der Waals surface area contributed by atoms with Crippen molar-refractivity contribution < 1.29 is 4.79 Å². The van der Waals surface area contributed by atoms with Gasteiger partial charge in [0.2, 0.25) is 6.41 Å². The van der Waals surface area contributed by atoms with Crippen LogP contribution in [-0.4, -0.2) is 18.0 Å². The summed E-state index contributed by atoms with van der Waals surface area (Å²) in [6, 6.07) is 8.35. The van der Waals surface area contributed by atoms with Gasteiger partial charge in [0.25, 0.3) is 0 Å². The maximum Gasteiger partial charge on any atom is 0.207 e. The number of halogens is 1. The van der Waals surface area contributed by atoms with Crippen LogP contribution in [0.3, 0.4) is 0 Å². The lowest BCUT2D eigenvalue weighted by Crippen LogP contribution is -2.54. The lowest BCUT2D eigenvalue weighted by Gasteiger charge is -2.54. The number of rotatable bonds is 4. The van der Waals surface area contributed by atoms with E-state index in [0.29, 0.717) is 6.04 Å². The molecule has 4 fully saturated rings. The van der Waals surface area contributed by atoms with Crippen molar-refractivity contribution in [2.24, 2.45) is 23.7 Å². The van der Waals surface area contributed by atoms with Gasteiger partial charge in [0.05, 0.1) is 0 Å². The van der Waals surface area contributed by atoms with Gasteiger partial charge in [-0.2, -0.15) is 0 Å². The van der Waals surface area contributed by atoms with Crippen LogP contribution < -0.4 is 10.0 Å². The molecule has 0 unspecified atom stereocenters. The first-order valence-electron chi connectivity index (χ1n) is 9.73. The molecule has 0 atom stereocenters. The van der Waals surface area contributed by atoms with Crippen LogP contribution in [-0.2, 0) is 4.79 Å². The molecule has 0 heterocycles. The van der Waals surface area contributed by atoms with Crippen molar-refractivity contribution in [2.75, 3.05) is 0 Å². The Morgan fingerprint density at radius 2 is 1.69 bits per heavy atom. The SMILES string of the molecule is CC(C)(C)NSc1cccc(Cl)c1.O=CNC1C2CC3CC(C2)CC1C3. The second-order valence-electron chi connectivity index (χ2n) is 9.15. The molecule has 4 aliphatic carbocycles. The Balaban J connectivity index is 0.000000151. The summed E-state index contributed by atoms with van der Waals surface area (Å²) in [6.45, 7) is 6.39. The third-order valence-electron chi connectivity index (χ3n) is 5.76. The standard InChI is InChI=1S/C11H17NO.C10H14ClNS/c13-6-12-11-9-2-7-1-8(4-9)5-10(11)3-7;1-10(2,3)12-13-9-6-4-5-8(11)7-9/h6-11H,1-5H2,(H,12,13);4-7,12H,1-3H3. The molecule has 5 rings (SSSR count). The van der Waals surface area contributed by atoms with Gasteiger partial charge in [-0.1, -0.05) is 17.7 Å². The summed E-state index contributed by atoms with van der Waals surface area (Å²) in [5, 5.41) is 3.83. The van der Waals surface area contributed by atoms with Gasteiger partial charge in [-0.15, -0.1) is 0 Å². The monoisotopic (exact) mass is 394 g/mol. The van der Waals surface area contributed by atoms with Crippen molar-refractivity contribution in [2.45, 2.75) is 69.4 Å². The molecular formula is C21H31ClN2OS. The summed E-state index contributed by atoms with van der Waals surface area (Å²) in [4.78, 5) is 11.6. The topological polar surface area (TPSA) is 41.1 Å². The highest BCUT2D eigenvalue weighted by Crippen LogP contribution is 2.53. The van der Waals surface area contributed by atoms with E-state index in [4.69, 9.17) is 11.6 Å². The quantitative estimate of drug-likeness (QED) is 0.538. The average Bonchev–Trinajstić information content (AvgIpc) is 2.56. The second kappa shape index (κ2) is 8.53. The Morgan fingerprint density at radius 1 is 1.08 bits per heavy atom. The van der Waals surface area contributed by atoms with E-state index in [1.807, 2.05) is 24.3 Å². The van der Waals surface area contributed by atoms with Crippen molar-refractivity contribution >= 4 is 30.0 Å². The number of nitrogens with one attached hydrogen (secondary N) is 2. The lowest BCUT2D eigenvalue weighted by atomic mass is 9.54. The summed E-state index contributed by atoms with van der Waals surface area (Å²) in [7, 11) is 0. The van der Waals surface area contributed by atoms with Crippen LogP contribution in [0.5, 0.6) is 0 Å². The molecule has 0 aliphatic heterocycles. The fourth-order valence-corrected chi connectivity index (χ4v) is 6.03. The van der Waals surface area contributed by atoms with Gasteiger partial charge in [0.1, 0.15) is 0 Å². The van der Waals surface area contributed by atoms with Crippen LogP contribution in [0.2, 0.25) is 5.02 Å². The van der Waals surface area contributed by atoms with Gasteiger partial charge >= 0.3 is 0 Å². The molecule has 0 saturated heterocycles. The molecule has 3 nitrogen and oxygen atoms in total. The molecule has 1 amide bonds. The highest BCUT2D eigenvalue weighted by atomic mass is 35.5. The molecule has 26 heavy (non-hydrogen) atoms. The minimum atomic E-state index is 0.118. The Bertz CT molecular complexity index is 588. The van der Waals surface area contributed by atoms with Crippen LogP contribution in [0.15, 0.2) is 29.2 Å². The van der Waals surface area contributed by atoms with Crippen LogP contribution in [0.1, 0.15) is 52.9 Å². The molecule has 5 heteroatoms. The second-order valence-corrected chi connectivity index (χ2v) is 10.5. The van der Waals surface area contributed by atoms with Crippen LogP contribution >= 0.6 is 23.5 Å². The number of carbonyl (C=O) groups excluding carboxylic acids is 1. The summed E-state index contributed by atoms with van der Waals surface area (Å²) in [5.74, 6) is 3.65. The smallest absolute Gasteiger partial charge is 0.207 e. The van der Waals surface area contributed by atoms with Gasteiger partial charge in [-0.3, -0.25) is 9.52 Å². The van der Waals surface area contributed by atoms with Crippen LogP contribution in [0, 0.1) is 23.7 Å². The van der Waals surface area contributed by atoms with Crippen molar-refractivity contribution in [1.82, 2.24) is 10.0 Å². The highest BCUT2D eigenvalue weighted by molar-refractivity contribution is 7.97. The molecule has 0 aromatic heterocycles. The van der Waals surface area contributed by atoms with Crippen molar-refractivity contribution in [3.05, 3.63) is 29.3 Å². The number of amides is 1. The van der Waals surface area contributed by atoms with Crippen LogP contribution in [0.25, 0.3) is 0 Å². The van der Waals surface area contributed by atoms with E-state index in [1.54, 1.807) is 11.9 Å². The maximum atomic E-state index is 10.5. The lowest BCUT2D eigenvalue weighted by molar-refractivity contribution is -0.113. The first kappa shape index (κ1) is 20.0. The number of benzene rings is 1. The predicted octanol–water partition coefficient (Wildman–Crippen LogP) is 5.29. The maximum absolute atomic E-state index is 10.5. The molecule has 0 radical (unpaired) electrons. The van der Waals surface area contributed by atoms with Gasteiger partial charge in [-0.05, 0) is 107 Å². The van der Waals surface area contributed by atoms with Crippen LogP contribution in [0.4, 0.5) is 0 Å². The van der Waals surface area contributed by atoms with Crippen molar-refractivity contribution in [1.29, 1.82) is 0 Å². The van der Waals surface area contributed by atoms with Gasteiger partial charge in [-0.25, -0.2) is 0 Å². The Morgan fingerprint density at radius 3 is 2.19 bits per heavy atom. The highest BCUT2D eigenvalue weighted by Gasteiger charge is 2.47. The zero-order valence-corrected chi connectivity index (χ0v) is 17.6. The normalized spacial score (nSPS) is 31.9. The summed E-state index contributed by atoms with van der Waals surface area (Å²) < 4.78 is 3.32. The molecule has 4 bridgehead atoms. The van der Waals surface area contributed by atoms with E-state index in [2.05, 4.69) is 30.8 Å². The van der Waals surface area contributed by atoms with E-state index in [0.717, 1.165) is 40.0 Å².